The number of fused-ring (bicyclic) bond motifs is 1. The number of rotatable bonds is 7. The van der Waals surface area contributed by atoms with Crippen LogP contribution < -0.4 is 15.4 Å². The normalized spacial score (nSPS) is 16.6. The number of carbonyl (C=O) groups excluding carboxylic acids is 2. The molecule has 4 aromatic rings. The van der Waals surface area contributed by atoms with Crippen LogP contribution >= 0.6 is 11.6 Å². The number of hydrogen-bond acceptors (Lipinski definition) is 8. The van der Waals surface area contributed by atoms with Crippen LogP contribution in [0.25, 0.3) is 16.9 Å². The van der Waals surface area contributed by atoms with Crippen molar-refractivity contribution in [1.82, 2.24) is 29.5 Å². The molecule has 4 heterocycles. The van der Waals surface area contributed by atoms with Crippen LogP contribution in [-0.4, -0.2) is 81.4 Å². The maximum Gasteiger partial charge on any atom is 0.254 e. The van der Waals surface area contributed by atoms with Crippen LogP contribution in [-0.2, 0) is 4.79 Å². The third-order valence-corrected chi connectivity index (χ3v) is 8.37. The fraction of sp³-hybridized carbons (Fsp3) is 0.323. The van der Waals surface area contributed by atoms with Gasteiger partial charge in [0.2, 0.25) is 5.91 Å². The molecule has 2 aliphatic heterocycles. The molecule has 44 heavy (non-hydrogen) atoms. The Labute approximate surface area is 258 Å². The van der Waals surface area contributed by atoms with Gasteiger partial charge in [0.05, 0.1) is 23.0 Å². The van der Waals surface area contributed by atoms with Crippen molar-refractivity contribution < 1.29 is 18.7 Å². The number of aromatic nitrogens is 3. The summed E-state index contributed by atoms with van der Waals surface area (Å²) in [6.07, 6.45) is 6.74. The highest BCUT2D eigenvalue weighted by molar-refractivity contribution is 6.33. The predicted molar refractivity (Wildman–Crippen MR) is 162 cm³/mol. The van der Waals surface area contributed by atoms with Gasteiger partial charge in [0.15, 0.2) is 29.6 Å². The molecule has 0 saturated carbocycles. The van der Waals surface area contributed by atoms with E-state index in [2.05, 4.69) is 20.6 Å². The van der Waals surface area contributed by atoms with E-state index in [1.807, 2.05) is 24.0 Å². The Bertz CT molecular complexity index is 1770. The number of piperazine rings is 1. The molecule has 2 N–H and O–H groups in total. The van der Waals surface area contributed by atoms with Crippen LogP contribution in [0.5, 0.6) is 5.75 Å². The van der Waals surface area contributed by atoms with Crippen LogP contribution in [0.4, 0.5) is 15.9 Å². The summed E-state index contributed by atoms with van der Waals surface area (Å²) in [6, 6.07) is 10.2. The topological polar surface area (TPSA) is 128 Å². The van der Waals surface area contributed by atoms with Crippen molar-refractivity contribution >= 4 is 40.6 Å². The van der Waals surface area contributed by atoms with E-state index in [-0.39, 0.29) is 35.2 Å². The number of nitrogens with zero attached hydrogens (tertiary/aromatic N) is 6. The summed E-state index contributed by atoms with van der Waals surface area (Å²) >= 11 is 6.34. The van der Waals surface area contributed by atoms with E-state index >= 15 is 0 Å². The number of halogens is 2. The molecule has 0 bridgehead atoms. The first-order valence-corrected chi connectivity index (χ1v) is 14.7. The maximum atomic E-state index is 14.8. The summed E-state index contributed by atoms with van der Waals surface area (Å²) in [7, 11) is 0. The Morgan fingerprint density at radius 2 is 1.98 bits per heavy atom. The van der Waals surface area contributed by atoms with E-state index in [1.54, 1.807) is 46.1 Å². The molecule has 2 amide bonds. The monoisotopic (exact) mass is 616 g/mol. The van der Waals surface area contributed by atoms with Crippen molar-refractivity contribution in [3.8, 4) is 23.1 Å². The smallest absolute Gasteiger partial charge is 0.254 e. The fourth-order valence-electron chi connectivity index (χ4n) is 5.69. The molecule has 0 radical (unpaired) electrons. The minimum absolute atomic E-state index is 0.0635. The molecular formula is C31H30ClFN8O3. The molecule has 226 valence electrons. The molecule has 11 nitrogen and oxygen atoms in total. The minimum atomic E-state index is -0.761. The van der Waals surface area contributed by atoms with Crippen LogP contribution in [0.2, 0.25) is 5.02 Å². The van der Waals surface area contributed by atoms with E-state index in [0.29, 0.717) is 60.2 Å². The highest BCUT2D eigenvalue weighted by Crippen LogP contribution is 2.36. The Kier molecular flexibility index (Phi) is 8.32. The maximum absolute atomic E-state index is 14.8. The molecule has 2 aliphatic rings. The zero-order valence-electron chi connectivity index (χ0n) is 24.0. The van der Waals surface area contributed by atoms with Crippen molar-refractivity contribution in [2.75, 3.05) is 44.6 Å². The first-order valence-electron chi connectivity index (χ1n) is 14.3. The molecular weight excluding hydrogens is 587 g/mol. The Hall–Kier alpha value is -4.73. The zero-order valence-corrected chi connectivity index (χ0v) is 24.8. The van der Waals surface area contributed by atoms with Gasteiger partial charge in [-0.2, -0.15) is 5.26 Å². The molecule has 1 atom stereocenters. The number of imidazole rings is 1. The molecule has 13 heteroatoms. The van der Waals surface area contributed by atoms with Gasteiger partial charge >= 0.3 is 0 Å². The standard InChI is InChI=1S/C31H30ClFN8O3/c1-19-17-20(4-5-21(19)30(42)39-12-14-40(15-13-39)31(43)23-3-2-9-35-23)38-28-29-37-18-24(41(29)11-10-36-28)22-6-7-25(44-16-8-34)27(33)26(22)32/h4-7,10-11,17-18,23,35H,2-3,9,12-16H2,1H3,(H,36,38)/t23-/m0/s1. The SMILES string of the molecule is Cc1cc(Nc2nccn3c(-c4ccc(OCC#N)c(F)c4Cl)cnc23)ccc1C(=O)N1CCN(C(=O)[C@@H]2CCCN2)CC1. The summed E-state index contributed by atoms with van der Waals surface area (Å²) in [5, 5.41) is 15.1. The first-order chi connectivity index (χ1) is 21.4. The number of amides is 2. The number of nitriles is 1. The Morgan fingerprint density at radius 1 is 1.18 bits per heavy atom. The molecule has 2 aromatic carbocycles. The fourth-order valence-corrected chi connectivity index (χ4v) is 5.94. The molecule has 0 aliphatic carbocycles. The summed E-state index contributed by atoms with van der Waals surface area (Å²) in [5.74, 6) is -0.343. The Morgan fingerprint density at radius 3 is 2.70 bits per heavy atom. The lowest BCUT2D eigenvalue weighted by molar-refractivity contribution is -0.134. The average Bonchev–Trinajstić information content (AvgIpc) is 3.73. The van der Waals surface area contributed by atoms with Gasteiger partial charge in [-0.1, -0.05) is 11.6 Å². The number of carbonyl (C=O) groups is 2. The van der Waals surface area contributed by atoms with Crippen LogP contribution in [0.1, 0.15) is 28.8 Å². The van der Waals surface area contributed by atoms with Crippen LogP contribution in [0, 0.1) is 24.1 Å². The summed E-state index contributed by atoms with van der Waals surface area (Å²) in [4.78, 5) is 38.7. The van der Waals surface area contributed by atoms with Gasteiger partial charge in [0.1, 0.15) is 6.07 Å². The van der Waals surface area contributed by atoms with E-state index < -0.39 is 5.82 Å². The number of hydrogen-bond donors (Lipinski definition) is 2. The van der Waals surface area contributed by atoms with Gasteiger partial charge in [-0.25, -0.2) is 14.4 Å². The number of anilines is 2. The lowest BCUT2D eigenvalue weighted by Gasteiger charge is -2.36. The summed E-state index contributed by atoms with van der Waals surface area (Å²) < 4.78 is 21.7. The highest BCUT2D eigenvalue weighted by Gasteiger charge is 2.31. The van der Waals surface area contributed by atoms with Crippen molar-refractivity contribution in [3.63, 3.8) is 0 Å². The lowest BCUT2D eigenvalue weighted by atomic mass is 10.1. The second-order valence-electron chi connectivity index (χ2n) is 10.7. The van der Waals surface area contributed by atoms with E-state index in [1.165, 1.54) is 6.07 Å². The zero-order chi connectivity index (χ0) is 30.8. The van der Waals surface area contributed by atoms with Crippen molar-refractivity contribution in [2.45, 2.75) is 25.8 Å². The highest BCUT2D eigenvalue weighted by atomic mass is 35.5. The molecule has 2 fully saturated rings. The van der Waals surface area contributed by atoms with E-state index in [9.17, 15) is 14.0 Å². The number of ether oxygens (including phenoxy) is 1. The first kappa shape index (κ1) is 29.3. The van der Waals surface area contributed by atoms with Gasteiger partial charge in [-0.3, -0.25) is 14.0 Å². The predicted octanol–water partition coefficient (Wildman–Crippen LogP) is 4.18. The molecule has 2 aromatic heterocycles. The number of aryl methyl sites for hydroxylation is 1. The molecule has 2 saturated heterocycles. The van der Waals surface area contributed by atoms with E-state index in [0.717, 1.165) is 24.9 Å². The molecule has 0 spiro atoms. The van der Waals surface area contributed by atoms with Gasteiger partial charge in [-0.05, 0) is 62.2 Å². The van der Waals surface area contributed by atoms with Gasteiger partial charge in [0.25, 0.3) is 5.91 Å². The second kappa shape index (κ2) is 12.5. The summed E-state index contributed by atoms with van der Waals surface area (Å²) in [5.41, 5.74) is 3.54. The molecule has 6 rings (SSSR count). The van der Waals surface area contributed by atoms with Crippen molar-refractivity contribution in [3.05, 3.63) is 70.9 Å². The van der Waals surface area contributed by atoms with Gasteiger partial charge < -0.3 is 25.2 Å². The van der Waals surface area contributed by atoms with Gasteiger partial charge in [0, 0.05) is 55.4 Å². The number of benzene rings is 2. The Balaban J connectivity index is 1.16. The van der Waals surface area contributed by atoms with E-state index in [4.69, 9.17) is 21.6 Å². The third-order valence-electron chi connectivity index (χ3n) is 8.00. The molecule has 0 unspecified atom stereocenters. The van der Waals surface area contributed by atoms with Crippen LogP contribution in [0.15, 0.2) is 48.9 Å². The van der Waals surface area contributed by atoms with Gasteiger partial charge in [-0.15, -0.1) is 0 Å². The number of nitrogens with one attached hydrogen (secondary N) is 2. The quantitative estimate of drug-likeness (QED) is 0.317. The van der Waals surface area contributed by atoms with Crippen molar-refractivity contribution in [2.24, 2.45) is 0 Å². The minimum Gasteiger partial charge on any atom is -0.476 e. The van der Waals surface area contributed by atoms with Crippen LogP contribution in [0.3, 0.4) is 0 Å². The second-order valence-corrected chi connectivity index (χ2v) is 11.1. The largest absolute Gasteiger partial charge is 0.476 e. The van der Waals surface area contributed by atoms with Crippen molar-refractivity contribution in [1.29, 1.82) is 5.26 Å². The third kappa shape index (κ3) is 5.64. The average molecular weight is 617 g/mol. The lowest BCUT2D eigenvalue weighted by Crippen LogP contribution is -2.54. The summed E-state index contributed by atoms with van der Waals surface area (Å²) in [6.45, 7) is 4.50.